The number of hydrogen-bond acceptors (Lipinski definition) is 5. The summed E-state index contributed by atoms with van der Waals surface area (Å²) in [5.41, 5.74) is 0.751. The summed E-state index contributed by atoms with van der Waals surface area (Å²) in [5, 5.41) is 0. The maximum atomic E-state index is 5.67. The van der Waals surface area contributed by atoms with Gasteiger partial charge >= 0.3 is 0 Å². The van der Waals surface area contributed by atoms with Crippen molar-refractivity contribution in [2.24, 2.45) is 5.90 Å². The Bertz CT molecular complexity index is 411. The number of nitrogens with two attached hydrogens (primary N) is 1. The summed E-state index contributed by atoms with van der Waals surface area (Å²) in [6.45, 7) is 1.44. The molecular weight excluding hydrogens is 290 g/mol. The van der Waals surface area contributed by atoms with Crippen molar-refractivity contribution in [3.63, 3.8) is 0 Å². The summed E-state index contributed by atoms with van der Waals surface area (Å²) >= 11 is 3.42. The number of hydrogen-bond donors (Lipinski definition) is 1. The van der Waals surface area contributed by atoms with Crippen LogP contribution in [0.25, 0.3) is 0 Å². The molecule has 1 heterocycles. The first-order valence-corrected chi connectivity index (χ1v) is 6.04. The normalized spacial score (nSPS) is 14.3. The average Bonchev–Trinajstić information content (AvgIpc) is 2.54. The minimum atomic E-state index is 0.203. The molecule has 0 fully saturated rings. The van der Waals surface area contributed by atoms with E-state index in [0.29, 0.717) is 30.5 Å². The largest absolute Gasteiger partial charge is 0.495 e. The van der Waals surface area contributed by atoms with Crippen molar-refractivity contribution in [1.82, 2.24) is 0 Å². The zero-order valence-corrected chi connectivity index (χ0v) is 11.1. The quantitative estimate of drug-likeness (QED) is 0.866. The summed E-state index contributed by atoms with van der Waals surface area (Å²) in [6.07, 6.45) is 0.845. The molecule has 0 radical (unpaired) electrons. The molecule has 2 rings (SSSR count). The Morgan fingerprint density at radius 2 is 2.18 bits per heavy atom. The lowest BCUT2D eigenvalue weighted by Gasteiger charge is -2.16. The monoisotopic (exact) mass is 303 g/mol. The van der Waals surface area contributed by atoms with Crippen LogP contribution in [-0.2, 0) is 11.4 Å². The van der Waals surface area contributed by atoms with Gasteiger partial charge in [-0.05, 0) is 15.9 Å². The highest BCUT2D eigenvalue weighted by atomic mass is 79.9. The lowest BCUT2D eigenvalue weighted by molar-refractivity contribution is 0.119. The van der Waals surface area contributed by atoms with E-state index in [1.807, 2.05) is 6.07 Å². The Morgan fingerprint density at radius 3 is 2.88 bits per heavy atom. The molecule has 0 aliphatic carbocycles. The van der Waals surface area contributed by atoms with Gasteiger partial charge in [0.2, 0.25) is 0 Å². The van der Waals surface area contributed by atoms with Crippen molar-refractivity contribution >= 4 is 15.9 Å². The predicted molar refractivity (Wildman–Crippen MR) is 65.3 cm³/mol. The van der Waals surface area contributed by atoms with Gasteiger partial charge in [0, 0.05) is 12.5 Å². The van der Waals surface area contributed by atoms with E-state index in [0.717, 1.165) is 16.5 Å². The van der Waals surface area contributed by atoms with Gasteiger partial charge in [0.25, 0.3) is 0 Å². The van der Waals surface area contributed by atoms with E-state index in [-0.39, 0.29) is 6.61 Å². The third-order valence-corrected chi connectivity index (χ3v) is 3.06. The second kappa shape index (κ2) is 5.57. The minimum absolute atomic E-state index is 0.203. The van der Waals surface area contributed by atoms with Crippen LogP contribution in [-0.4, -0.2) is 20.3 Å². The molecule has 0 saturated heterocycles. The molecule has 0 aromatic heterocycles. The molecule has 0 saturated carbocycles. The first-order valence-electron chi connectivity index (χ1n) is 5.24. The van der Waals surface area contributed by atoms with E-state index < -0.39 is 0 Å². The molecular formula is C11H14BrNO4. The molecule has 1 aliphatic heterocycles. The fraction of sp³-hybridized carbons (Fsp3) is 0.455. The maximum absolute atomic E-state index is 5.67. The van der Waals surface area contributed by atoms with E-state index in [1.54, 1.807) is 7.11 Å². The molecule has 0 spiro atoms. The lowest BCUT2D eigenvalue weighted by Crippen LogP contribution is -2.05. The Labute approximate surface area is 108 Å². The number of methoxy groups -OCH3 is 1. The van der Waals surface area contributed by atoms with Gasteiger partial charge in [-0.1, -0.05) is 0 Å². The van der Waals surface area contributed by atoms with Crippen LogP contribution in [0.3, 0.4) is 0 Å². The highest BCUT2D eigenvalue weighted by Gasteiger charge is 2.22. The number of benzene rings is 1. The zero-order chi connectivity index (χ0) is 12.3. The standard InChI is InChI=1S/C11H14BrNO4/c1-14-10-7(6-17-13)11-9(5-8(10)12)15-3-2-4-16-11/h5H,2-4,6,13H2,1H3. The van der Waals surface area contributed by atoms with Gasteiger partial charge < -0.3 is 14.2 Å². The third-order valence-electron chi connectivity index (χ3n) is 2.47. The van der Waals surface area contributed by atoms with Gasteiger partial charge in [-0.3, -0.25) is 4.84 Å². The highest BCUT2D eigenvalue weighted by Crippen LogP contribution is 2.44. The first kappa shape index (κ1) is 12.5. The molecule has 2 N–H and O–H groups in total. The highest BCUT2D eigenvalue weighted by molar-refractivity contribution is 9.10. The van der Waals surface area contributed by atoms with E-state index in [1.165, 1.54) is 0 Å². The van der Waals surface area contributed by atoms with Crippen LogP contribution in [0.2, 0.25) is 0 Å². The molecule has 6 heteroatoms. The first-order chi connectivity index (χ1) is 8.27. The molecule has 0 unspecified atom stereocenters. The number of halogens is 1. The van der Waals surface area contributed by atoms with Crippen molar-refractivity contribution in [1.29, 1.82) is 0 Å². The van der Waals surface area contributed by atoms with Crippen molar-refractivity contribution < 1.29 is 19.0 Å². The molecule has 0 amide bonds. The molecule has 1 aromatic carbocycles. The minimum Gasteiger partial charge on any atom is -0.495 e. The Balaban J connectivity index is 2.53. The SMILES string of the molecule is COc1c(Br)cc2c(c1CON)OCCCO2. The second-order valence-electron chi connectivity index (χ2n) is 3.56. The van der Waals surface area contributed by atoms with E-state index in [4.69, 9.17) is 24.9 Å². The van der Waals surface area contributed by atoms with Crippen LogP contribution in [0.4, 0.5) is 0 Å². The third kappa shape index (κ3) is 2.48. The van der Waals surface area contributed by atoms with E-state index in [9.17, 15) is 0 Å². The fourth-order valence-corrected chi connectivity index (χ4v) is 2.37. The molecule has 0 atom stereocenters. The molecule has 94 valence electrons. The van der Waals surface area contributed by atoms with Crippen molar-refractivity contribution in [3.8, 4) is 17.2 Å². The molecule has 5 nitrogen and oxygen atoms in total. The van der Waals surface area contributed by atoms with Crippen LogP contribution in [0, 0.1) is 0 Å². The second-order valence-corrected chi connectivity index (χ2v) is 4.41. The van der Waals surface area contributed by atoms with Crippen LogP contribution in [0.1, 0.15) is 12.0 Å². The smallest absolute Gasteiger partial charge is 0.170 e. The van der Waals surface area contributed by atoms with Gasteiger partial charge in [0.15, 0.2) is 11.5 Å². The maximum Gasteiger partial charge on any atom is 0.170 e. The van der Waals surface area contributed by atoms with Crippen molar-refractivity contribution in [2.45, 2.75) is 13.0 Å². The van der Waals surface area contributed by atoms with Crippen LogP contribution >= 0.6 is 15.9 Å². The Hall–Kier alpha value is -0.980. The summed E-state index contributed by atoms with van der Waals surface area (Å²) in [5.74, 6) is 7.12. The van der Waals surface area contributed by atoms with Gasteiger partial charge in [-0.2, -0.15) is 0 Å². The van der Waals surface area contributed by atoms with Crippen LogP contribution in [0.15, 0.2) is 10.5 Å². The number of fused-ring (bicyclic) bond motifs is 1. The average molecular weight is 304 g/mol. The Morgan fingerprint density at radius 1 is 1.41 bits per heavy atom. The molecule has 0 bridgehead atoms. The topological polar surface area (TPSA) is 62.9 Å². The number of ether oxygens (including phenoxy) is 3. The van der Waals surface area contributed by atoms with Gasteiger partial charge in [0.1, 0.15) is 12.4 Å². The van der Waals surface area contributed by atoms with E-state index in [2.05, 4.69) is 15.9 Å². The summed E-state index contributed by atoms with van der Waals surface area (Å²) < 4.78 is 17.4. The predicted octanol–water partition coefficient (Wildman–Crippen LogP) is 2.01. The summed E-state index contributed by atoms with van der Waals surface area (Å²) in [6, 6.07) is 1.83. The summed E-state index contributed by atoms with van der Waals surface area (Å²) in [4.78, 5) is 4.70. The van der Waals surface area contributed by atoms with Gasteiger partial charge in [0.05, 0.1) is 30.4 Å². The van der Waals surface area contributed by atoms with Crippen LogP contribution < -0.4 is 20.1 Å². The van der Waals surface area contributed by atoms with Crippen molar-refractivity contribution in [3.05, 3.63) is 16.1 Å². The Kier molecular flexibility index (Phi) is 4.09. The fourth-order valence-electron chi connectivity index (χ4n) is 1.76. The molecule has 1 aromatic rings. The molecule has 1 aliphatic rings. The van der Waals surface area contributed by atoms with Gasteiger partial charge in [-0.15, -0.1) is 0 Å². The lowest BCUT2D eigenvalue weighted by atomic mass is 10.1. The van der Waals surface area contributed by atoms with E-state index >= 15 is 0 Å². The van der Waals surface area contributed by atoms with Gasteiger partial charge in [-0.25, -0.2) is 5.90 Å². The van der Waals surface area contributed by atoms with Crippen molar-refractivity contribution in [2.75, 3.05) is 20.3 Å². The molecule has 17 heavy (non-hydrogen) atoms. The number of rotatable bonds is 3. The summed E-state index contributed by atoms with van der Waals surface area (Å²) in [7, 11) is 1.59. The zero-order valence-electron chi connectivity index (χ0n) is 9.49. The van der Waals surface area contributed by atoms with Crippen LogP contribution in [0.5, 0.6) is 17.2 Å².